The third-order valence-electron chi connectivity index (χ3n) is 6.35. The van der Waals surface area contributed by atoms with E-state index in [1.54, 1.807) is 30.3 Å². The van der Waals surface area contributed by atoms with Gasteiger partial charge in [-0.15, -0.1) is 0 Å². The average Bonchev–Trinajstić information content (AvgIpc) is 3.14. The quantitative estimate of drug-likeness (QED) is 0.180. The van der Waals surface area contributed by atoms with Crippen LogP contribution in [0.25, 0.3) is 16.5 Å². The van der Waals surface area contributed by atoms with E-state index in [0.717, 1.165) is 10.8 Å². The van der Waals surface area contributed by atoms with E-state index >= 15 is 0 Å². The number of hydrogen-bond acceptors (Lipinski definition) is 4. The van der Waals surface area contributed by atoms with Crippen molar-refractivity contribution >= 4 is 44.2 Å². The minimum Gasteiger partial charge on any atom is -0.507 e. The van der Waals surface area contributed by atoms with Gasteiger partial charge in [-0.1, -0.05) is 54.6 Å². The highest BCUT2D eigenvalue weighted by molar-refractivity contribution is 9.10. The largest absolute Gasteiger partial charge is 0.507 e. The molecule has 0 saturated carbocycles. The maximum Gasteiger partial charge on any atom is 0.295 e. The smallest absolute Gasteiger partial charge is 0.295 e. The van der Waals surface area contributed by atoms with Gasteiger partial charge in [-0.05, 0) is 68.2 Å². The first kappa shape index (κ1) is 23.8. The second-order valence-electron chi connectivity index (χ2n) is 8.47. The Labute approximate surface area is 215 Å². The highest BCUT2D eigenvalue weighted by Gasteiger charge is 2.46. The van der Waals surface area contributed by atoms with E-state index in [0.29, 0.717) is 26.9 Å². The van der Waals surface area contributed by atoms with Crippen molar-refractivity contribution in [2.45, 2.75) is 12.6 Å². The summed E-state index contributed by atoms with van der Waals surface area (Å²) in [5, 5.41) is 13.2. The number of ether oxygens (including phenoxy) is 1. The monoisotopic (exact) mass is 545 g/mol. The van der Waals surface area contributed by atoms with Gasteiger partial charge in [-0.2, -0.15) is 0 Å². The standard InChI is InChI=1S/C29H21BrFNO4/c1-36-24-14-11-19(15-23(24)30)27(33)25-26(22-8-4-6-18-5-2-3-7-21(18)22)32(29(35)28(25)34)16-17-9-12-20(31)13-10-17/h2-15,26,33H,16H2,1H3/b27-25-. The number of benzene rings is 4. The molecular formula is C29H21BrFNO4. The molecule has 7 heteroatoms. The Morgan fingerprint density at radius 1 is 1.00 bits per heavy atom. The van der Waals surface area contributed by atoms with Gasteiger partial charge >= 0.3 is 0 Å². The van der Waals surface area contributed by atoms with Crippen LogP contribution in [0.4, 0.5) is 4.39 Å². The zero-order valence-corrected chi connectivity index (χ0v) is 20.8. The normalized spacial score (nSPS) is 17.1. The molecule has 1 fully saturated rings. The summed E-state index contributed by atoms with van der Waals surface area (Å²) in [7, 11) is 1.53. The number of hydrogen-bond donors (Lipinski definition) is 1. The molecule has 1 heterocycles. The predicted octanol–water partition coefficient (Wildman–Crippen LogP) is 6.37. The van der Waals surface area contributed by atoms with Crippen molar-refractivity contribution in [1.29, 1.82) is 0 Å². The summed E-state index contributed by atoms with van der Waals surface area (Å²) in [6.45, 7) is 0.0713. The van der Waals surface area contributed by atoms with Gasteiger partial charge in [0.05, 0.1) is 23.2 Å². The van der Waals surface area contributed by atoms with Crippen LogP contribution in [0, 0.1) is 5.82 Å². The molecule has 0 spiro atoms. The first-order chi connectivity index (χ1) is 17.4. The van der Waals surface area contributed by atoms with Crippen LogP contribution in [0.2, 0.25) is 0 Å². The van der Waals surface area contributed by atoms with E-state index < -0.39 is 23.5 Å². The molecule has 36 heavy (non-hydrogen) atoms. The van der Waals surface area contributed by atoms with Crippen LogP contribution in [-0.4, -0.2) is 28.8 Å². The molecule has 0 radical (unpaired) electrons. The lowest BCUT2D eigenvalue weighted by atomic mass is 9.91. The first-order valence-electron chi connectivity index (χ1n) is 11.2. The molecule has 180 valence electrons. The van der Waals surface area contributed by atoms with Crippen LogP contribution in [0.5, 0.6) is 5.75 Å². The van der Waals surface area contributed by atoms with Crippen LogP contribution < -0.4 is 4.74 Å². The van der Waals surface area contributed by atoms with Crippen LogP contribution in [-0.2, 0) is 16.1 Å². The topological polar surface area (TPSA) is 66.8 Å². The van der Waals surface area contributed by atoms with Gasteiger partial charge in [0.1, 0.15) is 17.3 Å². The summed E-state index contributed by atoms with van der Waals surface area (Å²) in [4.78, 5) is 28.2. The molecule has 4 aromatic carbocycles. The zero-order valence-electron chi connectivity index (χ0n) is 19.2. The van der Waals surface area contributed by atoms with Crippen LogP contribution in [0.15, 0.2) is 95.0 Å². The Bertz CT molecular complexity index is 1530. The molecule has 1 saturated heterocycles. The summed E-state index contributed by atoms with van der Waals surface area (Å²) in [5.41, 5.74) is 1.74. The molecule has 1 atom stereocenters. The Morgan fingerprint density at radius 2 is 1.72 bits per heavy atom. The summed E-state index contributed by atoms with van der Waals surface area (Å²) in [5.74, 6) is -1.62. The molecule has 1 aliphatic rings. The van der Waals surface area contributed by atoms with E-state index in [-0.39, 0.29) is 17.9 Å². The van der Waals surface area contributed by atoms with Crippen molar-refractivity contribution in [3.63, 3.8) is 0 Å². The van der Waals surface area contributed by atoms with Crippen LogP contribution >= 0.6 is 15.9 Å². The van der Waals surface area contributed by atoms with Crippen LogP contribution in [0.1, 0.15) is 22.7 Å². The van der Waals surface area contributed by atoms with Gasteiger partial charge in [0, 0.05) is 12.1 Å². The van der Waals surface area contributed by atoms with Crippen molar-refractivity contribution in [3.8, 4) is 5.75 Å². The highest BCUT2D eigenvalue weighted by Crippen LogP contribution is 2.43. The third-order valence-corrected chi connectivity index (χ3v) is 6.97. The fourth-order valence-electron chi connectivity index (χ4n) is 4.61. The molecule has 0 aliphatic carbocycles. The van der Waals surface area contributed by atoms with Gasteiger partial charge in [0.25, 0.3) is 11.7 Å². The number of carbonyl (C=O) groups is 2. The number of Topliss-reactive ketones (excluding diaryl/α,β-unsaturated/α-hetero) is 1. The number of ketones is 1. The molecule has 1 aliphatic heterocycles. The predicted molar refractivity (Wildman–Crippen MR) is 139 cm³/mol. The number of methoxy groups -OCH3 is 1. The van der Waals surface area contributed by atoms with Crippen molar-refractivity contribution in [1.82, 2.24) is 4.90 Å². The Morgan fingerprint density at radius 3 is 2.44 bits per heavy atom. The summed E-state index contributed by atoms with van der Waals surface area (Å²) >= 11 is 3.41. The first-order valence-corrected chi connectivity index (χ1v) is 12.0. The molecule has 0 aromatic heterocycles. The second kappa shape index (κ2) is 9.59. The molecule has 5 nitrogen and oxygen atoms in total. The van der Waals surface area contributed by atoms with Gasteiger partial charge in [0.15, 0.2) is 0 Å². The number of fused-ring (bicyclic) bond motifs is 1. The molecule has 0 bridgehead atoms. The van der Waals surface area contributed by atoms with Crippen molar-refractivity contribution in [3.05, 3.63) is 117 Å². The number of rotatable bonds is 5. The lowest BCUT2D eigenvalue weighted by Crippen LogP contribution is -2.29. The molecule has 5 rings (SSSR count). The average molecular weight is 546 g/mol. The molecule has 1 unspecified atom stereocenters. The van der Waals surface area contributed by atoms with Gasteiger partial charge in [0.2, 0.25) is 0 Å². The van der Waals surface area contributed by atoms with Crippen molar-refractivity contribution < 1.29 is 23.8 Å². The number of nitrogens with zero attached hydrogens (tertiary/aromatic N) is 1. The van der Waals surface area contributed by atoms with E-state index in [1.165, 1.54) is 24.1 Å². The minimum absolute atomic E-state index is 0.00414. The third kappa shape index (κ3) is 4.16. The summed E-state index contributed by atoms with van der Waals surface area (Å²) in [6, 6.07) is 23.2. The molecule has 4 aromatic rings. The van der Waals surface area contributed by atoms with Gasteiger partial charge < -0.3 is 14.7 Å². The fourth-order valence-corrected chi connectivity index (χ4v) is 5.15. The van der Waals surface area contributed by atoms with Crippen molar-refractivity contribution in [2.24, 2.45) is 0 Å². The maximum atomic E-state index is 13.5. The van der Waals surface area contributed by atoms with E-state index in [1.807, 2.05) is 42.5 Å². The lowest BCUT2D eigenvalue weighted by molar-refractivity contribution is -0.140. The number of likely N-dealkylation sites (tertiary alicyclic amines) is 1. The van der Waals surface area contributed by atoms with E-state index in [2.05, 4.69) is 15.9 Å². The summed E-state index contributed by atoms with van der Waals surface area (Å²) < 4.78 is 19.4. The van der Waals surface area contributed by atoms with Gasteiger partial charge in [-0.25, -0.2) is 4.39 Å². The summed E-state index contributed by atoms with van der Waals surface area (Å²) in [6.07, 6.45) is 0. The SMILES string of the molecule is COc1ccc(/C(O)=C2/C(=O)C(=O)N(Cc3ccc(F)cc3)C2c2cccc3ccccc23)cc1Br. The Balaban J connectivity index is 1.72. The number of amides is 1. The second-order valence-corrected chi connectivity index (χ2v) is 9.33. The lowest BCUT2D eigenvalue weighted by Gasteiger charge is -2.26. The Kier molecular flexibility index (Phi) is 6.33. The Hall–Kier alpha value is -3.97. The molecule has 1 N–H and O–H groups in total. The molecule has 1 amide bonds. The number of carbonyl (C=O) groups excluding carboxylic acids is 2. The number of aliphatic hydroxyl groups excluding tert-OH is 1. The van der Waals surface area contributed by atoms with Gasteiger partial charge in [-0.3, -0.25) is 9.59 Å². The number of halogens is 2. The maximum absolute atomic E-state index is 13.5. The zero-order chi connectivity index (χ0) is 25.4. The van der Waals surface area contributed by atoms with Crippen molar-refractivity contribution in [2.75, 3.05) is 7.11 Å². The van der Waals surface area contributed by atoms with E-state index in [4.69, 9.17) is 4.74 Å². The fraction of sp³-hybridized carbons (Fsp3) is 0.103. The molecular weight excluding hydrogens is 525 g/mol. The number of aliphatic hydroxyl groups is 1. The minimum atomic E-state index is -0.845. The highest BCUT2D eigenvalue weighted by atomic mass is 79.9. The van der Waals surface area contributed by atoms with Crippen LogP contribution in [0.3, 0.4) is 0 Å². The van der Waals surface area contributed by atoms with E-state index in [9.17, 15) is 19.1 Å².